The molecule has 0 radical (unpaired) electrons. The van der Waals surface area contributed by atoms with Crippen molar-refractivity contribution in [2.24, 2.45) is 0 Å². The summed E-state index contributed by atoms with van der Waals surface area (Å²) in [6.45, 7) is 8.66. The van der Waals surface area contributed by atoms with E-state index in [4.69, 9.17) is 23.5 Å². The number of imidazole rings is 1. The molecule has 0 aliphatic rings. The number of aliphatic hydroxyl groups is 1. The maximum atomic E-state index is 12.6. The van der Waals surface area contributed by atoms with Gasteiger partial charge in [-0.2, -0.15) is 0 Å². The van der Waals surface area contributed by atoms with Crippen LogP contribution in [0.4, 0.5) is 0 Å². The Morgan fingerprint density at radius 2 is 1.75 bits per heavy atom. The van der Waals surface area contributed by atoms with Gasteiger partial charge in [0, 0.05) is 11.4 Å². The second-order valence-corrected chi connectivity index (χ2v) is 11.3. The maximum absolute atomic E-state index is 12.6. The highest BCUT2D eigenvalue weighted by molar-refractivity contribution is 7.99. The fraction of sp³-hybridized carbons (Fsp3) is 0.423. The molecule has 3 aromatic rings. The van der Waals surface area contributed by atoms with Gasteiger partial charge in [-0.05, 0) is 55.7 Å². The highest BCUT2D eigenvalue weighted by atomic mass is 32.2. The average Bonchev–Trinajstić information content (AvgIpc) is 3.21. The minimum Gasteiger partial charge on any atom is -0.497 e. The molecule has 0 unspecified atom stereocenters. The van der Waals surface area contributed by atoms with Crippen LogP contribution in [0.1, 0.15) is 50.7 Å². The molecule has 0 saturated heterocycles. The lowest BCUT2D eigenvalue weighted by molar-refractivity contribution is 0.197. The van der Waals surface area contributed by atoms with Crippen molar-refractivity contribution in [2.45, 2.75) is 56.7 Å². The Balaban J connectivity index is 1.83. The molecule has 10 heteroatoms. The summed E-state index contributed by atoms with van der Waals surface area (Å²) in [6, 6.07) is 15.4. The van der Waals surface area contributed by atoms with Crippen LogP contribution < -0.4 is 9.47 Å². The fourth-order valence-electron chi connectivity index (χ4n) is 3.58. The first-order valence-electron chi connectivity index (χ1n) is 11.9. The third kappa shape index (κ3) is 7.37. The standard InChI is InChI=1S/C26H35N2O6PS/c1-6-33-35(30,34-7-2)18-32-21-13-11-20(12-14-21)16-28-24(17-29)27-25(19(3)4)26(28)36-23-10-8-9-22(15-23)31-5/h8-15,19,29H,6-7,16-18H2,1-5H3. The number of hydrogen-bond acceptors (Lipinski definition) is 8. The summed E-state index contributed by atoms with van der Waals surface area (Å²) in [5.41, 5.74) is 1.95. The summed E-state index contributed by atoms with van der Waals surface area (Å²) in [7, 11) is -1.64. The molecular formula is C26H35N2O6PS. The molecule has 0 aliphatic carbocycles. The lowest BCUT2D eigenvalue weighted by Crippen LogP contribution is -2.07. The monoisotopic (exact) mass is 534 g/mol. The van der Waals surface area contributed by atoms with E-state index in [-0.39, 0.29) is 32.1 Å². The molecule has 36 heavy (non-hydrogen) atoms. The largest absolute Gasteiger partial charge is 0.497 e. The van der Waals surface area contributed by atoms with Crippen LogP contribution >= 0.6 is 19.4 Å². The van der Waals surface area contributed by atoms with E-state index in [9.17, 15) is 9.67 Å². The summed E-state index contributed by atoms with van der Waals surface area (Å²) in [5.74, 6) is 2.15. The van der Waals surface area contributed by atoms with Crippen LogP contribution in [0.3, 0.4) is 0 Å². The quantitative estimate of drug-likeness (QED) is 0.241. The van der Waals surface area contributed by atoms with Crippen LogP contribution in [0.25, 0.3) is 0 Å². The van der Waals surface area contributed by atoms with Gasteiger partial charge in [0.2, 0.25) is 0 Å². The van der Waals surface area contributed by atoms with Crippen LogP contribution in [0.5, 0.6) is 11.5 Å². The lowest BCUT2D eigenvalue weighted by atomic mass is 10.1. The minimum absolute atomic E-state index is 0.150. The van der Waals surface area contributed by atoms with Crippen LogP contribution in [-0.4, -0.2) is 41.3 Å². The summed E-state index contributed by atoms with van der Waals surface area (Å²) in [5, 5.41) is 11.0. The summed E-state index contributed by atoms with van der Waals surface area (Å²) in [6.07, 6.45) is -0.150. The molecule has 0 aliphatic heterocycles. The molecule has 2 aromatic carbocycles. The Labute approximate surface area is 217 Å². The predicted octanol–water partition coefficient (Wildman–Crippen LogP) is 6.31. The van der Waals surface area contributed by atoms with Crippen molar-refractivity contribution < 1.29 is 28.2 Å². The Kier molecular flexibility index (Phi) is 10.5. The fourth-order valence-corrected chi connectivity index (χ4v) is 6.11. The Morgan fingerprint density at radius 1 is 1.06 bits per heavy atom. The first-order valence-corrected chi connectivity index (χ1v) is 14.5. The van der Waals surface area contributed by atoms with Gasteiger partial charge in [0.1, 0.15) is 29.0 Å². The van der Waals surface area contributed by atoms with E-state index in [0.717, 1.165) is 26.9 Å². The molecule has 196 valence electrons. The molecule has 1 heterocycles. The normalized spacial score (nSPS) is 11.8. The van der Waals surface area contributed by atoms with E-state index in [1.54, 1.807) is 32.7 Å². The number of hydrogen-bond donors (Lipinski definition) is 1. The zero-order valence-corrected chi connectivity index (χ0v) is 23.2. The third-order valence-electron chi connectivity index (χ3n) is 5.27. The van der Waals surface area contributed by atoms with Crippen molar-refractivity contribution in [2.75, 3.05) is 26.7 Å². The van der Waals surface area contributed by atoms with Crippen molar-refractivity contribution in [1.29, 1.82) is 0 Å². The molecule has 1 N–H and O–H groups in total. The summed E-state index contributed by atoms with van der Waals surface area (Å²) in [4.78, 5) is 5.78. The van der Waals surface area contributed by atoms with Gasteiger partial charge in [0.15, 0.2) is 6.35 Å². The molecule has 0 amide bonds. The van der Waals surface area contributed by atoms with Gasteiger partial charge in [-0.25, -0.2) is 4.98 Å². The first-order chi connectivity index (χ1) is 17.3. The van der Waals surface area contributed by atoms with Gasteiger partial charge in [0.25, 0.3) is 0 Å². The van der Waals surface area contributed by atoms with Crippen molar-refractivity contribution in [1.82, 2.24) is 9.55 Å². The predicted molar refractivity (Wildman–Crippen MR) is 141 cm³/mol. The number of ether oxygens (including phenoxy) is 2. The molecule has 0 saturated carbocycles. The van der Waals surface area contributed by atoms with Gasteiger partial charge in [-0.3, -0.25) is 4.57 Å². The Morgan fingerprint density at radius 3 is 2.33 bits per heavy atom. The van der Waals surface area contributed by atoms with Gasteiger partial charge in [-0.15, -0.1) is 0 Å². The highest BCUT2D eigenvalue weighted by Gasteiger charge is 2.25. The topological polar surface area (TPSA) is 92.0 Å². The zero-order chi connectivity index (χ0) is 26.1. The minimum atomic E-state index is -3.29. The molecule has 0 spiro atoms. The second-order valence-electron chi connectivity index (χ2n) is 8.26. The number of nitrogens with zero attached hydrogens (tertiary/aromatic N) is 2. The smallest absolute Gasteiger partial charge is 0.367 e. The third-order valence-corrected chi connectivity index (χ3v) is 8.14. The average molecular weight is 535 g/mol. The van der Waals surface area contributed by atoms with Gasteiger partial charge in [0.05, 0.1) is 26.0 Å². The molecule has 3 rings (SSSR count). The van der Waals surface area contributed by atoms with Gasteiger partial charge in [-0.1, -0.05) is 43.8 Å². The van der Waals surface area contributed by atoms with E-state index in [0.29, 0.717) is 18.1 Å². The van der Waals surface area contributed by atoms with Gasteiger partial charge < -0.3 is 28.2 Å². The van der Waals surface area contributed by atoms with Crippen molar-refractivity contribution >= 4 is 19.4 Å². The summed E-state index contributed by atoms with van der Waals surface area (Å²) < 4.78 is 36.3. The lowest BCUT2D eigenvalue weighted by Gasteiger charge is -2.17. The number of rotatable bonds is 14. The van der Waals surface area contributed by atoms with Crippen molar-refractivity contribution in [3.05, 3.63) is 65.6 Å². The zero-order valence-electron chi connectivity index (χ0n) is 21.5. The van der Waals surface area contributed by atoms with E-state index in [2.05, 4.69) is 13.8 Å². The van der Waals surface area contributed by atoms with E-state index < -0.39 is 7.60 Å². The van der Waals surface area contributed by atoms with E-state index >= 15 is 0 Å². The number of aliphatic hydroxyl groups excluding tert-OH is 1. The Hall–Kier alpha value is -2.29. The molecule has 0 fully saturated rings. The molecular weight excluding hydrogens is 499 g/mol. The highest BCUT2D eigenvalue weighted by Crippen LogP contribution is 2.47. The molecule has 8 nitrogen and oxygen atoms in total. The SMILES string of the molecule is CCOP(=O)(COc1ccc(Cn2c(CO)nc(C(C)C)c2Sc2cccc(OC)c2)cc1)OCC. The van der Waals surface area contributed by atoms with Crippen LogP contribution in [0.15, 0.2) is 58.5 Å². The number of benzene rings is 2. The molecule has 0 atom stereocenters. The van der Waals surface area contributed by atoms with E-state index in [1.165, 1.54) is 0 Å². The van der Waals surface area contributed by atoms with Crippen LogP contribution in [-0.2, 0) is 26.8 Å². The van der Waals surface area contributed by atoms with Crippen LogP contribution in [0, 0.1) is 0 Å². The second kappa shape index (κ2) is 13.3. The van der Waals surface area contributed by atoms with E-state index in [1.807, 2.05) is 53.1 Å². The van der Waals surface area contributed by atoms with Gasteiger partial charge >= 0.3 is 7.60 Å². The summed E-state index contributed by atoms with van der Waals surface area (Å²) >= 11 is 1.60. The maximum Gasteiger partial charge on any atom is 0.367 e. The number of aromatic nitrogens is 2. The first kappa shape index (κ1) is 28.3. The van der Waals surface area contributed by atoms with Crippen molar-refractivity contribution in [3.63, 3.8) is 0 Å². The van der Waals surface area contributed by atoms with Crippen molar-refractivity contribution in [3.8, 4) is 11.5 Å². The molecule has 1 aromatic heterocycles. The molecule has 0 bridgehead atoms. The number of methoxy groups -OCH3 is 1. The Bertz CT molecular complexity index is 1160. The van der Waals surface area contributed by atoms with Crippen LogP contribution in [0.2, 0.25) is 0 Å².